The van der Waals surface area contributed by atoms with Crippen molar-refractivity contribution < 1.29 is 0 Å². The number of rotatable bonds is 5. The summed E-state index contributed by atoms with van der Waals surface area (Å²) in [5, 5.41) is 12.8. The Hall–Kier alpha value is -1.04. The number of amidine groups is 1. The van der Waals surface area contributed by atoms with E-state index in [0.29, 0.717) is 5.25 Å². The molecule has 94 valence electrons. The minimum absolute atomic E-state index is 0.656. The molecule has 1 aliphatic heterocycles. The lowest BCUT2D eigenvalue weighted by atomic mass is 10.1. The molecule has 1 unspecified atom stereocenters. The predicted octanol–water partition coefficient (Wildman–Crippen LogP) is 1.39. The summed E-state index contributed by atoms with van der Waals surface area (Å²) >= 11 is 1.87. The summed E-state index contributed by atoms with van der Waals surface area (Å²) in [5.74, 6) is 0.747. The van der Waals surface area contributed by atoms with Crippen LogP contribution in [-0.4, -0.2) is 38.5 Å². The highest BCUT2D eigenvalue weighted by Gasteiger charge is 2.19. The molecular weight excluding hydrogens is 234 g/mol. The highest BCUT2D eigenvalue weighted by Crippen LogP contribution is 2.25. The molecule has 0 aliphatic carbocycles. The Kier molecular flexibility index (Phi) is 4.42. The van der Waals surface area contributed by atoms with Gasteiger partial charge >= 0.3 is 0 Å². The lowest BCUT2D eigenvalue weighted by Crippen LogP contribution is -2.24. The van der Waals surface area contributed by atoms with E-state index >= 15 is 0 Å². The van der Waals surface area contributed by atoms with E-state index in [0.717, 1.165) is 30.7 Å². The molecule has 0 radical (unpaired) electrons. The number of aromatic nitrogens is 3. The van der Waals surface area contributed by atoms with Crippen molar-refractivity contribution in [3.8, 4) is 0 Å². The van der Waals surface area contributed by atoms with Gasteiger partial charge < -0.3 is 5.32 Å². The van der Waals surface area contributed by atoms with Crippen molar-refractivity contribution in [3.05, 3.63) is 12.4 Å². The number of hydrogen-bond acceptors (Lipinski definition) is 5. The monoisotopic (exact) mass is 253 g/mol. The topological polar surface area (TPSA) is 55.1 Å². The first-order valence-corrected chi connectivity index (χ1v) is 6.91. The zero-order chi connectivity index (χ0) is 12.1. The Morgan fingerprint density at radius 2 is 2.47 bits per heavy atom. The molecule has 0 fully saturated rings. The van der Waals surface area contributed by atoms with Gasteiger partial charge in [-0.2, -0.15) is 0 Å². The van der Waals surface area contributed by atoms with Crippen molar-refractivity contribution in [1.29, 1.82) is 0 Å². The summed E-state index contributed by atoms with van der Waals surface area (Å²) in [7, 11) is 0. The first-order chi connectivity index (χ1) is 8.24. The molecule has 2 heterocycles. The van der Waals surface area contributed by atoms with Crippen LogP contribution >= 0.6 is 11.8 Å². The second-order valence-electron chi connectivity index (χ2n) is 4.61. The van der Waals surface area contributed by atoms with Gasteiger partial charge in [0, 0.05) is 18.0 Å². The minimum atomic E-state index is 0.656. The molecule has 5 nitrogen and oxygen atoms in total. The van der Waals surface area contributed by atoms with Crippen molar-refractivity contribution in [2.24, 2.45) is 10.9 Å². The molecule has 0 bridgehead atoms. The molecular formula is C11H19N5S. The van der Waals surface area contributed by atoms with Gasteiger partial charge in [-0.15, -0.1) is 5.10 Å². The number of nitrogens with zero attached hydrogens (tertiary/aromatic N) is 4. The van der Waals surface area contributed by atoms with Crippen LogP contribution < -0.4 is 5.32 Å². The molecule has 0 saturated carbocycles. The Balaban J connectivity index is 1.64. The van der Waals surface area contributed by atoms with E-state index < -0.39 is 0 Å². The fourth-order valence-corrected chi connectivity index (χ4v) is 3.07. The molecule has 0 saturated heterocycles. The summed E-state index contributed by atoms with van der Waals surface area (Å²) in [6, 6.07) is 0. The molecule has 17 heavy (non-hydrogen) atoms. The first kappa shape index (κ1) is 12.4. The minimum Gasteiger partial charge on any atom is -0.363 e. The summed E-state index contributed by atoms with van der Waals surface area (Å²) in [4.78, 5) is 4.51. The van der Waals surface area contributed by atoms with E-state index in [4.69, 9.17) is 0 Å². The number of thioether (sulfide) groups is 1. The number of nitrogens with one attached hydrogen (secondary N) is 1. The van der Waals surface area contributed by atoms with Crippen LogP contribution in [0.1, 0.15) is 20.3 Å². The van der Waals surface area contributed by atoms with Crippen molar-refractivity contribution in [2.45, 2.75) is 32.1 Å². The molecule has 1 aromatic rings. The molecule has 1 atom stereocenters. The van der Waals surface area contributed by atoms with Gasteiger partial charge in [-0.1, -0.05) is 30.8 Å². The number of hydrogen-bond donors (Lipinski definition) is 1. The lowest BCUT2D eigenvalue weighted by molar-refractivity contribution is 0.574. The number of aliphatic imine (C=N–C) groups is 1. The SMILES string of the molecule is CC(C)CC1CN=C(NCCn2ccnn2)S1. The van der Waals surface area contributed by atoms with Gasteiger partial charge in [0.05, 0.1) is 19.3 Å². The van der Waals surface area contributed by atoms with E-state index in [1.165, 1.54) is 6.42 Å². The molecule has 6 heteroatoms. The van der Waals surface area contributed by atoms with E-state index in [1.807, 2.05) is 22.6 Å². The maximum absolute atomic E-state index is 4.51. The van der Waals surface area contributed by atoms with Crippen LogP contribution in [-0.2, 0) is 6.54 Å². The highest BCUT2D eigenvalue weighted by molar-refractivity contribution is 8.14. The molecule has 1 aromatic heterocycles. The molecule has 0 spiro atoms. The average molecular weight is 253 g/mol. The van der Waals surface area contributed by atoms with Crippen LogP contribution in [0, 0.1) is 5.92 Å². The maximum atomic E-state index is 4.51. The Morgan fingerprint density at radius 1 is 1.59 bits per heavy atom. The van der Waals surface area contributed by atoms with Gasteiger partial charge in [-0.3, -0.25) is 9.67 Å². The van der Waals surface area contributed by atoms with Gasteiger partial charge in [0.2, 0.25) is 0 Å². The molecule has 1 N–H and O–H groups in total. The van der Waals surface area contributed by atoms with Crippen LogP contribution in [0.5, 0.6) is 0 Å². The van der Waals surface area contributed by atoms with Gasteiger partial charge in [0.25, 0.3) is 0 Å². The summed E-state index contributed by atoms with van der Waals surface area (Å²) in [6.07, 6.45) is 4.80. The smallest absolute Gasteiger partial charge is 0.156 e. The average Bonchev–Trinajstić information content (AvgIpc) is 2.89. The summed E-state index contributed by atoms with van der Waals surface area (Å²) < 4.78 is 1.82. The van der Waals surface area contributed by atoms with Gasteiger partial charge in [0.15, 0.2) is 5.17 Å². The predicted molar refractivity (Wildman–Crippen MR) is 71.2 cm³/mol. The van der Waals surface area contributed by atoms with Crippen molar-refractivity contribution in [3.63, 3.8) is 0 Å². The van der Waals surface area contributed by atoms with Crippen LogP contribution in [0.3, 0.4) is 0 Å². The molecule has 1 aliphatic rings. The third-order valence-corrected chi connectivity index (χ3v) is 3.71. The fraction of sp³-hybridized carbons (Fsp3) is 0.727. The second-order valence-corrected chi connectivity index (χ2v) is 5.90. The Bertz CT molecular complexity index is 360. The van der Waals surface area contributed by atoms with Crippen LogP contribution in [0.25, 0.3) is 0 Å². The van der Waals surface area contributed by atoms with Crippen molar-refractivity contribution >= 4 is 16.9 Å². The van der Waals surface area contributed by atoms with Gasteiger partial charge in [0.1, 0.15) is 0 Å². The van der Waals surface area contributed by atoms with Crippen LogP contribution in [0.15, 0.2) is 17.4 Å². The molecule has 0 aromatic carbocycles. The van der Waals surface area contributed by atoms with Crippen LogP contribution in [0.4, 0.5) is 0 Å². The third kappa shape index (κ3) is 4.03. The van der Waals surface area contributed by atoms with E-state index in [-0.39, 0.29) is 0 Å². The summed E-state index contributed by atoms with van der Waals surface area (Å²) in [5.41, 5.74) is 0. The van der Waals surface area contributed by atoms with E-state index in [9.17, 15) is 0 Å². The first-order valence-electron chi connectivity index (χ1n) is 6.03. The largest absolute Gasteiger partial charge is 0.363 e. The Labute approximate surface area is 106 Å². The molecule has 0 amide bonds. The summed E-state index contributed by atoms with van der Waals surface area (Å²) in [6.45, 7) is 7.15. The van der Waals surface area contributed by atoms with Gasteiger partial charge in [-0.05, 0) is 12.3 Å². The fourth-order valence-electron chi connectivity index (χ4n) is 1.79. The normalized spacial score (nSPS) is 19.7. The third-order valence-electron chi connectivity index (χ3n) is 2.54. The van der Waals surface area contributed by atoms with E-state index in [1.54, 1.807) is 6.20 Å². The standard InChI is InChI=1S/C11H19N5S/c1-9(2)7-10-8-13-11(17-10)12-3-5-16-6-4-14-15-16/h4,6,9-10H,3,5,7-8H2,1-2H3,(H,12,13). The quantitative estimate of drug-likeness (QED) is 0.861. The van der Waals surface area contributed by atoms with Crippen LogP contribution in [0.2, 0.25) is 0 Å². The van der Waals surface area contributed by atoms with Crippen molar-refractivity contribution in [2.75, 3.05) is 13.1 Å². The zero-order valence-corrected chi connectivity index (χ0v) is 11.2. The maximum Gasteiger partial charge on any atom is 0.156 e. The zero-order valence-electron chi connectivity index (χ0n) is 10.3. The molecule has 2 rings (SSSR count). The van der Waals surface area contributed by atoms with E-state index in [2.05, 4.69) is 34.5 Å². The lowest BCUT2D eigenvalue weighted by Gasteiger charge is -2.11. The Morgan fingerprint density at radius 3 is 3.18 bits per heavy atom. The van der Waals surface area contributed by atoms with Gasteiger partial charge in [-0.25, -0.2) is 0 Å². The van der Waals surface area contributed by atoms with Crippen molar-refractivity contribution in [1.82, 2.24) is 20.3 Å². The highest BCUT2D eigenvalue weighted by atomic mass is 32.2. The second kappa shape index (κ2) is 6.05.